The van der Waals surface area contributed by atoms with Crippen molar-refractivity contribution in [1.82, 2.24) is 19.6 Å². The second-order valence-electron chi connectivity index (χ2n) is 9.34. The SMILES string of the molecule is COCCC(=O)N1C[C@@H](c2ccnn2C(C)C)[C@@]2(CCCN(Cc3ccccc3)C2=O)C1. The molecule has 172 valence electrons. The van der Waals surface area contributed by atoms with Gasteiger partial charge in [0.1, 0.15) is 0 Å². The van der Waals surface area contributed by atoms with Gasteiger partial charge >= 0.3 is 0 Å². The highest BCUT2D eigenvalue weighted by molar-refractivity contribution is 5.87. The van der Waals surface area contributed by atoms with Crippen LogP contribution in [0.25, 0.3) is 0 Å². The summed E-state index contributed by atoms with van der Waals surface area (Å²) in [6, 6.07) is 12.4. The summed E-state index contributed by atoms with van der Waals surface area (Å²) >= 11 is 0. The van der Waals surface area contributed by atoms with Crippen molar-refractivity contribution in [3.63, 3.8) is 0 Å². The van der Waals surface area contributed by atoms with Crippen molar-refractivity contribution in [2.75, 3.05) is 33.4 Å². The predicted molar refractivity (Wildman–Crippen MR) is 122 cm³/mol. The number of hydrogen-bond donors (Lipinski definition) is 0. The van der Waals surface area contributed by atoms with Gasteiger partial charge in [-0.05, 0) is 38.3 Å². The zero-order chi connectivity index (χ0) is 22.7. The van der Waals surface area contributed by atoms with E-state index in [1.807, 2.05) is 44.9 Å². The number of carbonyl (C=O) groups excluding carboxylic acids is 2. The van der Waals surface area contributed by atoms with Crippen LogP contribution in [-0.4, -0.2) is 64.7 Å². The third kappa shape index (κ3) is 4.18. The summed E-state index contributed by atoms with van der Waals surface area (Å²) in [5, 5.41) is 4.54. The van der Waals surface area contributed by atoms with Crippen molar-refractivity contribution in [2.45, 2.75) is 51.6 Å². The zero-order valence-corrected chi connectivity index (χ0v) is 19.4. The van der Waals surface area contributed by atoms with Crippen LogP contribution in [0.2, 0.25) is 0 Å². The molecule has 3 heterocycles. The fourth-order valence-electron chi connectivity index (χ4n) is 5.39. The highest BCUT2D eigenvalue weighted by atomic mass is 16.5. The summed E-state index contributed by atoms with van der Waals surface area (Å²) in [6.07, 6.45) is 3.88. The van der Waals surface area contributed by atoms with Gasteiger partial charge in [0, 0.05) is 57.1 Å². The molecule has 1 aromatic heterocycles. The van der Waals surface area contributed by atoms with Crippen LogP contribution in [0.5, 0.6) is 0 Å². The summed E-state index contributed by atoms with van der Waals surface area (Å²) in [6.45, 7) is 6.97. The van der Waals surface area contributed by atoms with E-state index in [-0.39, 0.29) is 23.8 Å². The van der Waals surface area contributed by atoms with E-state index in [0.29, 0.717) is 32.7 Å². The molecule has 4 rings (SSSR count). The topological polar surface area (TPSA) is 67.7 Å². The molecule has 7 heteroatoms. The normalized spacial score (nSPS) is 23.5. The lowest BCUT2D eigenvalue weighted by Crippen LogP contribution is -2.52. The number of methoxy groups -OCH3 is 1. The van der Waals surface area contributed by atoms with Gasteiger partial charge in [0.2, 0.25) is 11.8 Å². The summed E-state index contributed by atoms with van der Waals surface area (Å²) < 4.78 is 7.14. The van der Waals surface area contributed by atoms with Crippen LogP contribution in [0, 0.1) is 5.41 Å². The van der Waals surface area contributed by atoms with Crippen molar-refractivity contribution in [2.24, 2.45) is 5.41 Å². The minimum absolute atomic E-state index is 0.0531. The van der Waals surface area contributed by atoms with E-state index in [9.17, 15) is 9.59 Å². The lowest BCUT2D eigenvalue weighted by Gasteiger charge is -2.42. The maximum Gasteiger partial charge on any atom is 0.231 e. The van der Waals surface area contributed by atoms with Gasteiger partial charge in [0.05, 0.1) is 18.4 Å². The van der Waals surface area contributed by atoms with Gasteiger partial charge < -0.3 is 14.5 Å². The first-order chi connectivity index (χ1) is 15.5. The minimum Gasteiger partial charge on any atom is -0.384 e. The van der Waals surface area contributed by atoms with Gasteiger partial charge in [0.25, 0.3) is 0 Å². The summed E-state index contributed by atoms with van der Waals surface area (Å²) in [4.78, 5) is 30.9. The predicted octanol–water partition coefficient (Wildman–Crippen LogP) is 3.24. The van der Waals surface area contributed by atoms with E-state index < -0.39 is 5.41 Å². The Kier molecular flexibility index (Phi) is 6.65. The molecule has 2 aliphatic heterocycles. The molecule has 2 atom stereocenters. The third-order valence-corrected chi connectivity index (χ3v) is 6.94. The Hall–Kier alpha value is -2.67. The summed E-state index contributed by atoms with van der Waals surface area (Å²) in [5.74, 6) is 0.151. The van der Waals surface area contributed by atoms with Crippen molar-refractivity contribution >= 4 is 11.8 Å². The average Bonchev–Trinajstić information content (AvgIpc) is 3.42. The van der Waals surface area contributed by atoms with Gasteiger partial charge in [-0.1, -0.05) is 30.3 Å². The molecular formula is C25H34N4O3. The van der Waals surface area contributed by atoms with Crippen molar-refractivity contribution < 1.29 is 14.3 Å². The van der Waals surface area contributed by atoms with Crippen molar-refractivity contribution in [1.29, 1.82) is 0 Å². The number of ether oxygens (including phenoxy) is 1. The molecule has 0 saturated carbocycles. The average molecular weight is 439 g/mol. The van der Waals surface area contributed by atoms with Gasteiger partial charge in [-0.15, -0.1) is 0 Å². The fraction of sp³-hybridized carbons (Fsp3) is 0.560. The second-order valence-corrected chi connectivity index (χ2v) is 9.34. The number of piperidine rings is 1. The lowest BCUT2D eigenvalue weighted by atomic mass is 9.70. The molecule has 32 heavy (non-hydrogen) atoms. The van der Waals surface area contributed by atoms with Crippen LogP contribution < -0.4 is 0 Å². The summed E-state index contributed by atoms with van der Waals surface area (Å²) in [7, 11) is 1.61. The number of amides is 2. The molecule has 0 N–H and O–H groups in total. The van der Waals surface area contributed by atoms with Crippen LogP contribution in [0.1, 0.15) is 56.3 Å². The molecule has 0 bridgehead atoms. The quantitative estimate of drug-likeness (QED) is 0.666. The number of hydrogen-bond acceptors (Lipinski definition) is 4. The Balaban J connectivity index is 1.67. The smallest absolute Gasteiger partial charge is 0.231 e. The number of aromatic nitrogens is 2. The highest BCUT2D eigenvalue weighted by Gasteiger charge is 2.56. The van der Waals surface area contributed by atoms with Crippen molar-refractivity contribution in [3.05, 3.63) is 53.9 Å². The van der Waals surface area contributed by atoms with Gasteiger partial charge in [-0.25, -0.2) is 0 Å². The maximum absolute atomic E-state index is 14.1. The molecule has 2 amide bonds. The monoisotopic (exact) mass is 438 g/mol. The third-order valence-electron chi connectivity index (χ3n) is 6.94. The Morgan fingerprint density at radius 1 is 1.25 bits per heavy atom. The molecule has 0 radical (unpaired) electrons. The van der Waals surface area contributed by atoms with Crippen LogP contribution >= 0.6 is 0 Å². The number of carbonyl (C=O) groups is 2. The van der Waals surface area contributed by atoms with E-state index in [2.05, 4.69) is 31.1 Å². The minimum atomic E-state index is -0.609. The standard InChI is InChI=1S/C25H34N4O3/c1-19(2)29-22(10-13-26-29)21-17-28(23(30)11-15-32-3)18-25(21)12-7-14-27(24(25)31)16-20-8-5-4-6-9-20/h4-6,8-10,13,19,21H,7,11-12,14-18H2,1-3H3/t21-,25+/m0/s1. The number of benzene rings is 1. The zero-order valence-electron chi connectivity index (χ0n) is 19.4. The fourth-order valence-corrected chi connectivity index (χ4v) is 5.39. The Morgan fingerprint density at radius 3 is 2.75 bits per heavy atom. The number of likely N-dealkylation sites (tertiary alicyclic amines) is 2. The molecule has 2 fully saturated rings. The number of rotatable bonds is 7. The highest BCUT2D eigenvalue weighted by Crippen LogP contribution is 2.50. The number of nitrogens with zero attached hydrogens (tertiary/aromatic N) is 4. The first kappa shape index (κ1) is 22.5. The Morgan fingerprint density at radius 2 is 2.03 bits per heavy atom. The van der Waals surface area contributed by atoms with Crippen LogP contribution in [0.15, 0.2) is 42.6 Å². The van der Waals surface area contributed by atoms with E-state index in [0.717, 1.165) is 30.6 Å². The van der Waals surface area contributed by atoms with E-state index in [4.69, 9.17) is 4.74 Å². The molecule has 2 saturated heterocycles. The molecule has 1 spiro atoms. The summed E-state index contributed by atoms with van der Waals surface area (Å²) in [5.41, 5.74) is 1.58. The molecular weight excluding hydrogens is 404 g/mol. The Labute approximate surface area is 190 Å². The maximum atomic E-state index is 14.1. The molecule has 7 nitrogen and oxygen atoms in total. The lowest BCUT2D eigenvalue weighted by molar-refractivity contribution is -0.147. The first-order valence-electron chi connectivity index (χ1n) is 11.6. The molecule has 0 unspecified atom stereocenters. The van der Waals surface area contributed by atoms with E-state index in [1.165, 1.54) is 0 Å². The largest absolute Gasteiger partial charge is 0.384 e. The van der Waals surface area contributed by atoms with Crippen LogP contribution in [0.3, 0.4) is 0 Å². The van der Waals surface area contributed by atoms with E-state index >= 15 is 0 Å². The molecule has 2 aromatic rings. The van der Waals surface area contributed by atoms with Crippen LogP contribution in [-0.2, 0) is 20.9 Å². The Bertz CT molecular complexity index is 942. The van der Waals surface area contributed by atoms with Crippen molar-refractivity contribution in [3.8, 4) is 0 Å². The molecule has 2 aliphatic rings. The van der Waals surface area contributed by atoms with Gasteiger partial charge in [-0.3, -0.25) is 14.3 Å². The van der Waals surface area contributed by atoms with Crippen LogP contribution in [0.4, 0.5) is 0 Å². The van der Waals surface area contributed by atoms with E-state index in [1.54, 1.807) is 7.11 Å². The first-order valence-corrected chi connectivity index (χ1v) is 11.6. The second kappa shape index (κ2) is 9.45. The molecule has 0 aliphatic carbocycles. The molecule has 1 aromatic carbocycles. The van der Waals surface area contributed by atoms with Gasteiger partial charge in [-0.2, -0.15) is 5.10 Å². The van der Waals surface area contributed by atoms with Gasteiger partial charge in [0.15, 0.2) is 0 Å².